The Balaban J connectivity index is 1.23. The van der Waals surface area contributed by atoms with Gasteiger partial charge in [-0.3, -0.25) is 24.2 Å². The molecule has 0 aliphatic heterocycles. The number of hydrogen-bond donors (Lipinski definition) is 1. The van der Waals surface area contributed by atoms with E-state index < -0.39 is 16.4 Å². The summed E-state index contributed by atoms with van der Waals surface area (Å²) in [6.45, 7) is 27.6. The van der Waals surface area contributed by atoms with Gasteiger partial charge in [0.25, 0.3) is 0 Å². The largest absolute Gasteiger partial charge is 0.462 e. The number of rotatable bonds is 9. The van der Waals surface area contributed by atoms with E-state index in [2.05, 4.69) is 64.8 Å². The summed E-state index contributed by atoms with van der Waals surface area (Å²) in [5.74, 6) is 0.650. The lowest BCUT2D eigenvalue weighted by atomic mass is 9.33. The van der Waals surface area contributed by atoms with Crippen LogP contribution in [0.2, 0.25) is 0 Å². The molecule has 0 bridgehead atoms. The predicted octanol–water partition coefficient (Wildman–Crippen LogP) is 10.5. The molecule has 1 aromatic rings. The van der Waals surface area contributed by atoms with Crippen LogP contribution < -0.4 is 5.32 Å². The highest BCUT2D eigenvalue weighted by Gasteiger charge is 2.70. The van der Waals surface area contributed by atoms with Crippen LogP contribution >= 0.6 is 0 Å². The highest BCUT2D eigenvalue weighted by atomic mass is 16.6. The topological polar surface area (TPSA) is 112 Å². The number of pyridine rings is 1. The molecular weight excluding hydrogens is 713 g/mol. The zero-order chi connectivity index (χ0) is 42.1. The number of nitrogens with zero attached hydrogens (tertiary/aromatic N) is 1. The molecule has 5 aliphatic carbocycles. The lowest BCUT2D eigenvalue weighted by molar-refractivity contribution is -0.232. The summed E-state index contributed by atoms with van der Waals surface area (Å²) in [4.78, 5) is 58.4. The summed E-state index contributed by atoms with van der Waals surface area (Å²) in [5.41, 5.74) is 1.01. The number of allylic oxidation sites excluding steroid dienone is 3. The molecule has 0 aromatic carbocycles. The van der Waals surface area contributed by atoms with Crippen LogP contribution in [0.5, 0.6) is 0 Å². The van der Waals surface area contributed by atoms with Gasteiger partial charge in [-0.1, -0.05) is 60.6 Å². The van der Waals surface area contributed by atoms with Gasteiger partial charge in [-0.25, -0.2) is 0 Å². The van der Waals surface area contributed by atoms with Crippen molar-refractivity contribution in [3.05, 3.63) is 53.4 Å². The Morgan fingerprint density at radius 2 is 1.60 bits per heavy atom. The lowest BCUT2D eigenvalue weighted by Crippen LogP contribution is -2.65. The first kappa shape index (κ1) is 43.3. The van der Waals surface area contributed by atoms with Crippen molar-refractivity contribution in [1.29, 1.82) is 0 Å². The Morgan fingerprint density at radius 1 is 0.895 bits per heavy atom. The molecule has 57 heavy (non-hydrogen) atoms. The molecular formula is C49H72N2O6. The molecule has 1 heterocycles. The number of Topliss-reactive ketones (excluding diaryl/α,β-unsaturated/α-hetero) is 1. The van der Waals surface area contributed by atoms with Gasteiger partial charge in [-0.15, -0.1) is 0 Å². The van der Waals surface area contributed by atoms with Crippen molar-refractivity contribution in [1.82, 2.24) is 10.3 Å². The quantitative estimate of drug-likeness (QED) is 0.196. The Morgan fingerprint density at radius 3 is 2.23 bits per heavy atom. The molecule has 1 aromatic heterocycles. The van der Waals surface area contributed by atoms with E-state index in [1.165, 1.54) is 5.57 Å². The maximum atomic E-state index is 14.1. The van der Waals surface area contributed by atoms with Crippen molar-refractivity contribution >= 4 is 23.6 Å². The smallest absolute Gasteiger partial charge is 0.312 e. The van der Waals surface area contributed by atoms with Gasteiger partial charge in [-0.2, -0.15) is 0 Å². The molecule has 6 rings (SSSR count). The molecule has 0 radical (unpaired) electrons. The number of fused-ring (bicyclic) bond motifs is 7. The van der Waals surface area contributed by atoms with Gasteiger partial charge < -0.3 is 14.8 Å². The van der Waals surface area contributed by atoms with E-state index in [9.17, 15) is 19.2 Å². The van der Waals surface area contributed by atoms with Gasteiger partial charge in [0.2, 0.25) is 5.91 Å². The summed E-state index contributed by atoms with van der Waals surface area (Å²) >= 11 is 0. The molecule has 9 atom stereocenters. The molecule has 1 N–H and O–H groups in total. The van der Waals surface area contributed by atoms with Crippen LogP contribution in [-0.2, 0) is 28.7 Å². The summed E-state index contributed by atoms with van der Waals surface area (Å²) in [6, 6.07) is 5.50. The van der Waals surface area contributed by atoms with Crippen LogP contribution in [0.1, 0.15) is 166 Å². The highest BCUT2D eigenvalue weighted by molar-refractivity contribution is 6.01. The van der Waals surface area contributed by atoms with Gasteiger partial charge in [0, 0.05) is 23.4 Å². The highest BCUT2D eigenvalue weighted by Crippen LogP contribution is 2.77. The van der Waals surface area contributed by atoms with Crippen LogP contribution in [0.25, 0.3) is 0 Å². The number of esters is 2. The molecule has 8 heteroatoms. The average molecular weight is 785 g/mol. The van der Waals surface area contributed by atoms with Crippen LogP contribution in [0.15, 0.2) is 47.7 Å². The van der Waals surface area contributed by atoms with Crippen LogP contribution in [-0.4, -0.2) is 40.3 Å². The van der Waals surface area contributed by atoms with Crippen molar-refractivity contribution in [2.45, 2.75) is 172 Å². The van der Waals surface area contributed by atoms with Gasteiger partial charge in [0.05, 0.1) is 23.6 Å². The van der Waals surface area contributed by atoms with Crippen molar-refractivity contribution in [3.8, 4) is 0 Å². The first-order chi connectivity index (χ1) is 26.3. The number of carbonyl (C=O) groups is 4. The Kier molecular flexibility index (Phi) is 11.2. The molecule has 1 amide bonds. The Hall–Kier alpha value is -3.29. The molecule has 0 saturated heterocycles. The summed E-state index contributed by atoms with van der Waals surface area (Å²) in [6.07, 6.45) is 13.7. The number of ether oxygens (including phenoxy) is 2. The van der Waals surface area contributed by atoms with E-state index in [1.807, 2.05) is 45.9 Å². The molecule has 4 fully saturated rings. The van der Waals surface area contributed by atoms with Gasteiger partial charge in [0.15, 0.2) is 5.78 Å². The van der Waals surface area contributed by atoms with E-state index in [1.54, 1.807) is 26.1 Å². The van der Waals surface area contributed by atoms with E-state index in [-0.39, 0.29) is 75.7 Å². The number of nitrogens with one attached hydrogen (secondary N) is 1. The summed E-state index contributed by atoms with van der Waals surface area (Å²) in [7, 11) is 0. The average Bonchev–Trinajstić information content (AvgIpc) is 3.40. The van der Waals surface area contributed by atoms with Crippen molar-refractivity contribution in [3.63, 3.8) is 0 Å². The molecule has 4 saturated carbocycles. The number of carbonyl (C=O) groups excluding carboxylic acids is 4. The fraction of sp³-hybridized carbons (Fsp3) is 0.735. The van der Waals surface area contributed by atoms with Crippen LogP contribution in [0.4, 0.5) is 0 Å². The minimum Gasteiger partial charge on any atom is -0.462 e. The second-order valence-corrected chi connectivity index (χ2v) is 22.1. The molecule has 314 valence electrons. The molecule has 8 nitrogen and oxygen atoms in total. The maximum Gasteiger partial charge on any atom is 0.312 e. The van der Waals surface area contributed by atoms with E-state index in [4.69, 9.17) is 9.47 Å². The van der Waals surface area contributed by atoms with E-state index in [0.717, 1.165) is 62.6 Å². The van der Waals surface area contributed by atoms with Gasteiger partial charge >= 0.3 is 11.9 Å². The van der Waals surface area contributed by atoms with Crippen molar-refractivity contribution < 1.29 is 28.7 Å². The molecule has 0 spiro atoms. The second kappa shape index (κ2) is 14.8. The lowest BCUT2D eigenvalue weighted by Gasteiger charge is -2.72. The fourth-order valence-corrected chi connectivity index (χ4v) is 13.3. The van der Waals surface area contributed by atoms with Gasteiger partial charge in [0.1, 0.15) is 11.7 Å². The minimum absolute atomic E-state index is 0.00220. The molecule has 5 aliphatic rings. The second-order valence-electron chi connectivity index (χ2n) is 22.1. The first-order valence-electron chi connectivity index (χ1n) is 21.9. The Labute approximate surface area is 343 Å². The van der Waals surface area contributed by atoms with Gasteiger partial charge in [-0.05, 0) is 162 Å². The molecule has 0 unspecified atom stereocenters. The normalized spacial score (nSPS) is 35.5. The predicted molar refractivity (Wildman–Crippen MR) is 223 cm³/mol. The zero-order valence-electron chi connectivity index (χ0n) is 37.4. The standard InChI is InChI=1S/C49H72N2O6/c1-30(2)40-34(52)28-49(24-21-38(53)51-31(3)33-16-14-15-27-50-33)26-25-47(12)32(41(40)49)17-18-36-46(11)22-20-37(45(9,10)35(46)19-23-48(36,47)13)56-39(54)29-44(7,8)42(55)57-43(4,5)6/h14-16,21,24,27,30-32,35-37H,17-20,22-23,25-26,28-29H2,1-13H3,(H,51,53)/t31-,32-,35+,36-,37+,46+,47-,48-,49+/m1/s1. The number of amides is 1. The summed E-state index contributed by atoms with van der Waals surface area (Å²) < 4.78 is 12.0. The van der Waals surface area contributed by atoms with Crippen molar-refractivity contribution in [2.24, 2.45) is 56.2 Å². The third-order valence-corrected chi connectivity index (χ3v) is 16.3. The third kappa shape index (κ3) is 7.47. The summed E-state index contributed by atoms with van der Waals surface area (Å²) in [5, 5.41) is 3.10. The fourth-order valence-electron chi connectivity index (χ4n) is 13.3. The first-order valence-corrected chi connectivity index (χ1v) is 21.9. The SMILES string of the molecule is CC(C)C1=C2[C@H]3CC[C@@H]4[C@@]5(C)CC[C@H](OC(=O)CC(C)(C)C(=O)OC(C)(C)C)C(C)(C)[C@@H]5CC[C@@]4(C)[C@]3(C)CC[C@@]2(C=CC(=O)N[C@H](C)c2ccccn2)CC1=O. The monoisotopic (exact) mass is 785 g/mol. The Bertz CT molecular complexity index is 1820. The van der Waals surface area contributed by atoms with E-state index >= 15 is 0 Å². The number of hydrogen-bond acceptors (Lipinski definition) is 7. The maximum absolute atomic E-state index is 14.1. The zero-order valence-corrected chi connectivity index (χ0v) is 37.4. The third-order valence-electron chi connectivity index (χ3n) is 16.3. The number of ketones is 1. The van der Waals surface area contributed by atoms with Crippen molar-refractivity contribution in [2.75, 3.05) is 0 Å². The van der Waals surface area contributed by atoms with E-state index in [0.29, 0.717) is 18.3 Å². The number of aromatic nitrogens is 1. The van der Waals surface area contributed by atoms with Crippen LogP contribution in [0, 0.1) is 56.2 Å². The minimum atomic E-state index is -0.980. The van der Waals surface area contributed by atoms with Crippen LogP contribution in [0.3, 0.4) is 0 Å².